The van der Waals surface area contributed by atoms with E-state index in [9.17, 15) is 4.79 Å². The Morgan fingerprint density at radius 1 is 0.733 bits per heavy atom. The number of thioether (sulfide) groups is 1. The second-order valence-electron chi connectivity index (χ2n) is 9.55. The van der Waals surface area contributed by atoms with Gasteiger partial charge in [0.1, 0.15) is 12.0 Å². The maximum Gasteiger partial charge on any atom is 0.123 e. The summed E-state index contributed by atoms with van der Waals surface area (Å²) in [7, 11) is 0. The molecular formula is C27H42O2S. The summed E-state index contributed by atoms with van der Waals surface area (Å²) in [6, 6.07) is 8.82. The molecule has 3 rings (SSSR count). The molecule has 0 saturated heterocycles. The highest BCUT2D eigenvalue weighted by Gasteiger charge is 2.16. The highest BCUT2D eigenvalue weighted by molar-refractivity contribution is 8.00. The van der Waals surface area contributed by atoms with Gasteiger partial charge in [0.15, 0.2) is 0 Å². The zero-order valence-corrected chi connectivity index (χ0v) is 19.7. The van der Waals surface area contributed by atoms with Gasteiger partial charge in [-0.05, 0) is 68.7 Å². The fraction of sp³-hybridized carbons (Fsp3) is 0.741. The molecule has 1 aromatic carbocycles. The molecular weight excluding hydrogens is 388 g/mol. The molecule has 0 bridgehead atoms. The number of aldehydes is 1. The molecule has 0 radical (unpaired) electrons. The number of hydrogen-bond donors (Lipinski definition) is 0. The number of ether oxygens (including phenoxy) is 1. The predicted octanol–water partition coefficient (Wildman–Crippen LogP) is 8.23. The number of hydrogen-bond acceptors (Lipinski definition) is 3. The van der Waals surface area contributed by atoms with E-state index in [1.165, 1.54) is 101 Å². The summed E-state index contributed by atoms with van der Waals surface area (Å²) < 4.78 is 6.19. The predicted molar refractivity (Wildman–Crippen MR) is 128 cm³/mol. The monoisotopic (exact) mass is 430 g/mol. The summed E-state index contributed by atoms with van der Waals surface area (Å²) in [5.74, 6) is 2.06. The highest BCUT2D eigenvalue weighted by Crippen LogP contribution is 2.33. The summed E-state index contributed by atoms with van der Waals surface area (Å²) in [4.78, 5) is 12.5. The molecule has 2 atom stereocenters. The topological polar surface area (TPSA) is 26.3 Å². The summed E-state index contributed by atoms with van der Waals surface area (Å²) >= 11 is 2.03. The maximum atomic E-state index is 11.1. The van der Waals surface area contributed by atoms with Crippen molar-refractivity contribution in [3.63, 3.8) is 0 Å². The third kappa shape index (κ3) is 9.04. The molecule has 3 heteroatoms. The van der Waals surface area contributed by atoms with E-state index in [-0.39, 0.29) is 0 Å². The fourth-order valence-electron chi connectivity index (χ4n) is 5.01. The van der Waals surface area contributed by atoms with Crippen LogP contribution in [-0.4, -0.2) is 18.1 Å². The van der Waals surface area contributed by atoms with Crippen LogP contribution in [0, 0.1) is 11.8 Å². The maximum absolute atomic E-state index is 11.1. The molecule has 2 unspecified atom stereocenters. The summed E-state index contributed by atoms with van der Waals surface area (Å²) in [5.41, 5.74) is 0. The molecule has 0 amide bonds. The second kappa shape index (κ2) is 14.2. The Hall–Kier alpha value is -0.960. The van der Waals surface area contributed by atoms with Gasteiger partial charge in [0.05, 0.1) is 6.61 Å². The van der Waals surface area contributed by atoms with Gasteiger partial charge in [-0.15, -0.1) is 11.8 Å². The Morgan fingerprint density at radius 2 is 1.30 bits per heavy atom. The van der Waals surface area contributed by atoms with E-state index in [1.54, 1.807) is 0 Å². The lowest BCUT2D eigenvalue weighted by Gasteiger charge is -2.19. The Kier molecular flexibility index (Phi) is 11.2. The Bertz CT molecular complexity index is 575. The van der Waals surface area contributed by atoms with Gasteiger partial charge >= 0.3 is 0 Å². The van der Waals surface area contributed by atoms with Crippen LogP contribution >= 0.6 is 11.8 Å². The van der Waals surface area contributed by atoms with Crippen molar-refractivity contribution < 1.29 is 9.53 Å². The fourth-order valence-corrected chi connectivity index (χ4v) is 6.26. The third-order valence-electron chi connectivity index (χ3n) is 6.98. The van der Waals surface area contributed by atoms with Crippen molar-refractivity contribution in [2.45, 2.75) is 113 Å². The van der Waals surface area contributed by atoms with Crippen molar-refractivity contribution >= 4 is 18.0 Å². The van der Waals surface area contributed by atoms with E-state index in [0.29, 0.717) is 11.2 Å². The molecule has 2 aliphatic carbocycles. The van der Waals surface area contributed by atoms with Gasteiger partial charge in [0.25, 0.3) is 0 Å². The van der Waals surface area contributed by atoms with E-state index < -0.39 is 0 Å². The van der Waals surface area contributed by atoms with Crippen LogP contribution in [0.1, 0.15) is 103 Å². The molecule has 0 heterocycles. The first-order chi connectivity index (χ1) is 14.8. The Labute approximate surface area is 188 Å². The Balaban J connectivity index is 1.42. The lowest BCUT2D eigenvalue weighted by Crippen LogP contribution is -2.13. The lowest BCUT2D eigenvalue weighted by atomic mass is 9.93. The van der Waals surface area contributed by atoms with Crippen LogP contribution in [0.2, 0.25) is 0 Å². The molecule has 2 aliphatic rings. The van der Waals surface area contributed by atoms with Gasteiger partial charge in [0, 0.05) is 16.1 Å². The zero-order chi connectivity index (χ0) is 20.9. The lowest BCUT2D eigenvalue weighted by molar-refractivity contribution is -0.111. The minimum Gasteiger partial charge on any atom is -0.493 e. The molecule has 30 heavy (non-hydrogen) atoms. The van der Waals surface area contributed by atoms with E-state index in [0.717, 1.165) is 31.1 Å². The van der Waals surface area contributed by atoms with Crippen LogP contribution in [0.15, 0.2) is 29.2 Å². The standard InChI is InChI=1S/C27H42O2S/c28-21-23-11-8-9-15-26(16-10-14-23)30-27-19-17-25(18-20-27)29-22-24-12-6-4-2-1-3-5-7-13-24/h17-21,23-24,26H,1-16,22H2. The van der Waals surface area contributed by atoms with Crippen molar-refractivity contribution in [2.24, 2.45) is 11.8 Å². The van der Waals surface area contributed by atoms with Gasteiger partial charge in [-0.2, -0.15) is 0 Å². The third-order valence-corrected chi connectivity index (χ3v) is 8.33. The van der Waals surface area contributed by atoms with Crippen molar-refractivity contribution in [1.82, 2.24) is 0 Å². The highest BCUT2D eigenvalue weighted by atomic mass is 32.2. The number of benzene rings is 1. The quantitative estimate of drug-likeness (QED) is 0.425. The van der Waals surface area contributed by atoms with Crippen molar-refractivity contribution in [1.29, 1.82) is 0 Å². The zero-order valence-electron chi connectivity index (χ0n) is 18.9. The normalized spacial score (nSPS) is 25.5. The number of rotatable bonds is 6. The summed E-state index contributed by atoms with van der Waals surface area (Å²) in [6.45, 7) is 0.882. The first-order valence-corrected chi connectivity index (χ1v) is 13.6. The minimum absolute atomic E-state index is 0.303. The van der Waals surface area contributed by atoms with Gasteiger partial charge in [-0.3, -0.25) is 0 Å². The minimum atomic E-state index is 0.303. The van der Waals surface area contributed by atoms with E-state index >= 15 is 0 Å². The van der Waals surface area contributed by atoms with Crippen LogP contribution in [0.4, 0.5) is 0 Å². The second-order valence-corrected chi connectivity index (χ2v) is 10.9. The Morgan fingerprint density at radius 3 is 2.00 bits per heavy atom. The van der Waals surface area contributed by atoms with E-state index in [2.05, 4.69) is 24.3 Å². The van der Waals surface area contributed by atoms with Gasteiger partial charge in [-0.25, -0.2) is 0 Å². The first kappa shape index (κ1) is 23.7. The van der Waals surface area contributed by atoms with Gasteiger partial charge in [0.2, 0.25) is 0 Å². The van der Waals surface area contributed by atoms with Gasteiger partial charge < -0.3 is 9.53 Å². The average Bonchev–Trinajstić information content (AvgIpc) is 2.89. The summed E-state index contributed by atoms with van der Waals surface area (Å²) in [6.07, 6.45) is 22.0. The van der Waals surface area contributed by atoms with Crippen molar-refractivity contribution in [3.8, 4) is 5.75 Å². The molecule has 2 fully saturated rings. The van der Waals surface area contributed by atoms with Crippen molar-refractivity contribution in [2.75, 3.05) is 6.61 Å². The molecule has 0 spiro atoms. The SMILES string of the molecule is O=CC1CCCCC(Sc2ccc(OCC3CCCCCCCCC3)cc2)CCC1. The van der Waals surface area contributed by atoms with Crippen LogP contribution in [0.3, 0.4) is 0 Å². The molecule has 0 aliphatic heterocycles. The molecule has 2 saturated carbocycles. The molecule has 168 valence electrons. The molecule has 0 aromatic heterocycles. The van der Waals surface area contributed by atoms with E-state index in [4.69, 9.17) is 4.74 Å². The number of carbonyl (C=O) groups excluding carboxylic acids is 1. The van der Waals surface area contributed by atoms with Crippen LogP contribution < -0.4 is 4.74 Å². The van der Waals surface area contributed by atoms with Crippen LogP contribution in [0.5, 0.6) is 5.75 Å². The van der Waals surface area contributed by atoms with Crippen molar-refractivity contribution in [3.05, 3.63) is 24.3 Å². The average molecular weight is 431 g/mol. The number of carbonyl (C=O) groups is 1. The molecule has 0 N–H and O–H groups in total. The largest absolute Gasteiger partial charge is 0.493 e. The van der Waals surface area contributed by atoms with E-state index in [1.807, 2.05) is 11.8 Å². The van der Waals surface area contributed by atoms with Crippen LogP contribution in [0.25, 0.3) is 0 Å². The smallest absolute Gasteiger partial charge is 0.123 e. The summed E-state index contributed by atoms with van der Waals surface area (Å²) in [5, 5.41) is 0.685. The van der Waals surface area contributed by atoms with Crippen LogP contribution in [-0.2, 0) is 4.79 Å². The molecule has 2 nitrogen and oxygen atoms in total. The first-order valence-electron chi connectivity index (χ1n) is 12.7. The molecule has 1 aromatic rings. The van der Waals surface area contributed by atoms with Gasteiger partial charge in [-0.1, -0.05) is 64.2 Å².